The van der Waals surface area contributed by atoms with Crippen molar-refractivity contribution in [1.82, 2.24) is 5.32 Å². The molecule has 2 unspecified atom stereocenters. The fourth-order valence-corrected chi connectivity index (χ4v) is 2.02. The van der Waals surface area contributed by atoms with Crippen LogP contribution in [0.5, 0.6) is 0 Å². The van der Waals surface area contributed by atoms with Gasteiger partial charge in [0.25, 0.3) is 0 Å². The number of methoxy groups -OCH3 is 1. The van der Waals surface area contributed by atoms with Crippen LogP contribution in [0.1, 0.15) is 33.1 Å². The minimum absolute atomic E-state index is 0.117. The van der Waals surface area contributed by atoms with Crippen LogP contribution in [0.25, 0.3) is 0 Å². The van der Waals surface area contributed by atoms with Gasteiger partial charge >= 0.3 is 0 Å². The summed E-state index contributed by atoms with van der Waals surface area (Å²) in [5.74, 6) is 0. The Morgan fingerprint density at radius 3 is 2.81 bits per heavy atom. The van der Waals surface area contributed by atoms with Gasteiger partial charge in [0.15, 0.2) is 0 Å². The molecule has 0 spiro atoms. The van der Waals surface area contributed by atoms with Crippen molar-refractivity contribution in [2.24, 2.45) is 5.73 Å². The van der Waals surface area contributed by atoms with Gasteiger partial charge in [0.1, 0.15) is 0 Å². The number of rotatable bonds is 7. The van der Waals surface area contributed by atoms with E-state index >= 15 is 0 Å². The zero-order valence-electron chi connectivity index (χ0n) is 10.8. The van der Waals surface area contributed by atoms with Crippen molar-refractivity contribution in [2.45, 2.75) is 50.9 Å². The lowest BCUT2D eigenvalue weighted by Crippen LogP contribution is -2.44. The van der Waals surface area contributed by atoms with Crippen molar-refractivity contribution in [3.05, 3.63) is 0 Å². The Labute approximate surface area is 98.9 Å². The highest BCUT2D eigenvalue weighted by Crippen LogP contribution is 2.16. The maximum absolute atomic E-state index is 5.76. The summed E-state index contributed by atoms with van der Waals surface area (Å²) in [6, 6.07) is 0.305. The van der Waals surface area contributed by atoms with Gasteiger partial charge in [0, 0.05) is 32.8 Å². The van der Waals surface area contributed by atoms with E-state index in [9.17, 15) is 0 Å². The molecule has 0 aromatic heterocycles. The number of nitrogens with one attached hydrogen (secondary N) is 1. The quantitative estimate of drug-likeness (QED) is 0.682. The zero-order chi connectivity index (χ0) is 12.0. The summed E-state index contributed by atoms with van der Waals surface area (Å²) in [7, 11) is 1.74. The van der Waals surface area contributed by atoms with Crippen molar-refractivity contribution in [1.29, 1.82) is 0 Å². The molecule has 0 radical (unpaired) electrons. The smallest absolute Gasteiger partial charge is 0.0700 e. The summed E-state index contributed by atoms with van der Waals surface area (Å²) in [4.78, 5) is 0. The lowest BCUT2D eigenvalue weighted by Gasteiger charge is -2.29. The van der Waals surface area contributed by atoms with Crippen molar-refractivity contribution < 1.29 is 9.47 Å². The standard InChI is InChI=1S/C12H26N2O2/c1-12(2,15-3)7-10(8-13)14-9-11-5-4-6-16-11/h10-11,14H,4-9,13H2,1-3H3. The predicted octanol–water partition coefficient (Wildman–Crippen LogP) is 0.897. The Bertz CT molecular complexity index is 191. The predicted molar refractivity (Wildman–Crippen MR) is 65.5 cm³/mol. The second kappa shape index (κ2) is 6.55. The van der Waals surface area contributed by atoms with E-state index in [1.165, 1.54) is 6.42 Å². The van der Waals surface area contributed by atoms with E-state index < -0.39 is 0 Å². The highest BCUT2D eigenvalue weighted by atomic mass is 16.5. The van der Waals surface area contributed by atoms with E-state index in [1.54, 1.807) is 7.11 Å². The van der Waals surface area contributed by atoms with E-state index in [0.29, 0.717) is 18.7 Å². The van der Waals surface area contributed by atoms with E-state index in [4.69, 9.17) is 15.2 Å². The highest BCUT2D eigenvalue weighted by molar-refractivity contribution is 4.80. The summed E-state index contributed by atoms with van der Waals surface area (Å²) < 4.78 is 11.0. The van der Waals surface area contributed by atoms with Crippen LogP contribution in [-0.2, 0) is 9.47 Å². The first-order valence-corrected chi connectivity index (χ1v) is 6.17. The Morgan fingerprint density at radius 1 is 1.56 bits per heavy atom. The minimum atomic E-state index is -0.117. The van der Waals surface area contributed by atoms with Crippen LogP contribution in [0.2, 0.25) is 0 Å². The lowest BCUT2D eigenvalue weighted by atomic mass is 9.98. The van der Waals surface area contributed by atoms with Crippen molar-refractivity contribution in [3.8, 4) is 0 Å². The fourth-order valence-electron chi connectivity index (χ4n) is 2.02. The molecule has 0 aromatic carbocycles. The van der Waals surface area contributed by atoms with Crippen molar-refractivity contribution in [3.63, 3.8) is 0 Å². The normalized spacial score (nSPS) is 23.6. The average molecular weight is 230 g/mol. The van der Waals surface area contributed by atoms with E-state index in [1.807, 2.05) is 0 Å². The molecule has 3 N–H and O–H groups in total. The van der Waals surface area contributed by atoms with Gasteiger partial charge in [-0.1, -0.05) is 0 Å². The summed E-state index contributed by atoms with van der Waals surface area (Å²) in [6.45, 7) is 6.62. The van der Waals surface area contributed by atoms with Crippen LogP contribution >= 0.6 is 0 Å². The molecule has 0 aliphatic carbocycles. The van der Waals surface area contributed by atoms with Gasteiger partial charge in [-0.15, -0.1) is 0 Å². The first-order chi connectivity index (χ1) is 7.57. The maximum atomic E-state index is 5.76. The van der Waals surface area contributed by atoms with E-state index in [-0.39, 0.29) is 5.60 Å². The van der Waals surface area contributed by atoms with Crippen LogP contribution < -0.4 is 11.1 Å². The molecular weight excluding hydrogens is 204 g/mol. The Morgan fingerprint density at radius 2 is 2.31 bits per heavy atom. The summed E-state index contributed by atoms with van der Waals surface area (Å²) in [5.41, 5.74) is 5.64. The van der Waals surface area contributed by atoms with Crippen LogP contribution in [0.15, 0.2) is 0 Å². The first-order valence-electron chi connectivity index (χ1n) is 6.17. The average Bonchev–Trinajstić information content (AvgIpc) is 2.77. The molecule has 2 atom stereocenters. The number of nitrogens with two attached hydrogens (primary N) is 1. The molecule has 1 rings (SSSR count). The van der Waals surface area contributed by atoms with Crippen LogP contribution in [0.3, 0.4) is 0 Å². The molecule has 96 valence electrons. The van der Waals surface area contributed by atoms with Crippen LogP contribution in [0.4, 0.5) is 0 Å². The molecule has 4 nitrogen and oxygen atoms in total. The molecule has 1 saturated heterocycles. The minimum Gasteiger partial charge on any atom is -0.379 e. The molecule has 1 aliphatic rings. The molecule has 4 heteroatoms. The summed E-state index contributed by atoms with van der Waals surface area (Å²) in [5, 5.41) is 3.47. The second-order valence-corrected chi connectivity index (χ2v) is 5.14. The highest BCUT2D eigenvalue weighted by Gasteiger charge is 2.23. The molecule has 16 heavy (non-hydrogen) atoms. The molecule has 1 aliphatic heterocycles. The number of hydrogen-bond donors (Lipinski definition) is 2. The molecular formula is C12H26N2O2. The van der Waals surface area contributed by atoms with Gasteiger partial charge in [-0.2, -0.15) is 0 Å². The Hall–Kier alpha value is -0.160. The van der Waals surface area contributed by atoms with Crippen LogP contribution in [0, 0.1) is 0 Å². The van der Waals surface area contributed by atoms with Gasteiger partial charge in [-0.3, -0.25) is 0 Å². The molecule has 0 bridgehead atoms. The number of hydrogen-bond acceptors (Lipinski definition) is 4. The summed E-state index contributed by atoms with van der Waals surface area (Å²) >= 11 is 0. The third-order valence-electron chi connectivity index (χ3n) is 3.23. The lowest BCUT2D eigenvalue weighted by molar-refractivity contribution is 0.00631. The van der Waals surface area contributed by atoms with Gasteiger partial charge in [-0.05, 0) is 33.1 Å². The Kier molecular flexibility index (Phi) is 5.69. The molecule has 1 fully saturated rings. The number of ether oxygens (including phenoxy) is 2. The van der Waals surface area contributed by atoms with Crippen molar-refractivity contribution in [2.75, 3.05) is 26.8 Å². The third-order valence-corrected chi connectivity index (χ3v) is 3.23. The molecule has 1 heterocycles. The maximum Gasteiger partial charge on any atom is 0.0700 e. The van der Waals surface area contributed by atoms with Crippen LogP contribution in [-0.4, -0.2) is 44.6 Å². The van der Waals surface area contributed by atoms with Gasteiger partial charge in [0.2, 0.25) is 0 Å². The Balaban J connectivity index is 2.25. The first kappa shape index (κ1) is 13.9. The molecule has 0 aromatic rings. The third kappa shape index (κ3) is 4.78. The van der Waals surface area contributed by atoms with Gasteiger partial charge < -0.3 is 20.5 Å². The zero-order valence-corrected chi connectivity index (χ0v) is 10.8. The van der Waals surface area contributed by atoms with Gasteiger partial charge in [0.05, 0.1) is 11.7 Å². The van der Waals surface area contributed by atoms with E-state index in [0.717, 1.165) is 26.0 Å². The monoisotopic (exact) mass is 230 g/mol. The molecule has 0 saturated carbocycles. The topological polar surface area (TPSA) is 56.5 Å². The van der Waals surface area contributed by atoms with Crippen molar-refractivity contribution >= 4 is 0 Å². The largest absolute Gasteiger partial charge is 0.379 e. The molecule has 0 amide bonds. The summed E-state index contributed by atoms with van der Waals surface area (Å²) in [6.07, 6.45) is 3.65. The SMILES string of the molecule is COC(C)(C)CC(CN)NCC1CCCO1. The fraction of sp³-hybridized carbons (Fsp3) is 1.00. The second-order valence-electron chi connectivity index (χ2n) is 5.14. The van der Waals surface area contributed by atoms with E-state index in [2.05, 4.69) is 19.2 Å². The van der Waals surface area contributed by atoms with Gasteiger partial charge in [-0.25, -0.2) is 0 Å².